The first-order valence-corrected chi connectivity index (χ1v) is 6.32. The number of hydrogen-bond donors (Lipinski definition) is 2. The lowest BCUT2D eigenvalue weighted by Crippen LogP contribution is -2.39. The van der Waals surface area contributed by atoms with Crippen LogP contribution in [0.5, 0.6) is 0 Å². The van der Waals surface area contributed by atoms with Crippen LogP contribution in [-0.4, -0.2) is 18.3 Å². The maximum atomic E-state index is 9.17. The van der Waals surface area contributed by atoms with Gasteiger partial charge in [0.05, 0.1) is 11.3 Å². The van der Waals surface area contributed by atoms with Crippen molar-refractivity contribution in [2.45, 2.75) is 24.3 Å². The highest BCUT2D eigenvalue weighted by Crippen LogP contribution is 2.27. The molecule has 0 unspecified atom stereocenters. The fourth-order valence-electron chi connectivity index (χ4n) is 1.34. The normalized spacial score (nSPS) is 10.9. The Kier molecular flexibility index (Phi) is 4.22. The van der Waals surface area contributed by atoms with E-state index in [-0.39, 0.29) is 5.54 Å². The molecule has 4 heteroatoms. The highest BCUT2D eigenvalue weighted by atomic mass is 32.2. The molecule has 0 fully saturated rings. The predicted molar refractivity (Wildman–Crippen MR) is 69.7 cm³/mol. The van der Waals surface area contributed by atoms with Crippen molar-refractivity contribution in [3.8, 4) is 6.07 Å². The van der Waals surface area contributed by atoms with E-state index in [2.05, 4.69) is 11.4 Å². The quantitative estimate of drug-likeness (QED) is 0.787. The zero-order chi connectivity index (χ0) is 12.2. The Labute approximate surface area is 101 Å². The molecule has 0 aromatic heterocycles. The number of nitrogens with zero attached hydrogens (tertiary/aromatic N) is 1. The molecular formula is C12H17N3S. The Hall–Kier alpha value is -1.18. The lowest BCUT2D eigenvalue weighted by Gasteiger charge is -2.26. The van der Waals surface area contributed by atoms with E-state index in [9.17, 15) is 0 Å². The van der Waals surface area contributed by atoms with Gasteiger partial charge in [0.25, 0.3) is 0 Å². The molecule has 0 spiro atoms. The van der Waals surface area contributed by atoms with Gasteiger partial charge in [0, 0.05) is 17.0 Å². The minimum absolute atomic E-state index is 0.206. The number of thioether (sulfide) groups is 1. The molecule has 0 atom stereocenters. The second-order valence-electron chi connectivity index (χ2n) is 4.21. The van der Waals surface area contributed by atoms with E-state index >= 15 is 0 Å². The van der Waals surface area contributed by atoms with Gasteiger partial charge in [0.2, 0.25) is 0 Å². The summed E-state index contributed by atoms with van der Waals surface area (Å²) in [4.78, 5) is 0.986. The van der Waals surface area contributed by atoms with E-state index in [0.717, 1.165) is 10.6 Å². The van der Waals surface area contributed by atoms with E-state index in [0.29, 0.717) is 12.1 Å². The summed E-state index contributed by atoms with van der Waals surface area (Å²) in [6.45, 7) is 4.54. The summed E-state index contributed by atoms with van der Waals surface area (Å²) in [5.41, 5.74) is 7.00. The predicted octanol–water partition coefficient (Wildman–Crippen LogP) is 2.43. The van der Waals surface area contributed by atoms with E-state index in [1.54, 1.807) is 11.8 Å². The van der Waals surface area contributed by atoms with Crippen molar-refractivity contribution in [1.82, 2.24) is 0 Å². The van der Waals surface area contributed by atoms with Gasteiger partial charge in [0.15, 0.2) is 0 Å². The summed E-state index contributed by atoms with van der Waals surface area (Å²) >= 11 is 1.57. The molecule has 3 N–H and O–H groups in total. The Morgan fingerprint density at radius 3 is 2.69 bits per heavy atom. The second kappa shape index (κ2) is 5.24. The van der Waals surface area contributed by atoms with Gasteiger partial charge in [-0.15, -0.1) is 11.8 Å². The monoisotopic (exact) mass is 235 g/mol. The average Bonchev–Trinajstić information content (AvgIpc) is 2.28. The largest absolute Gasteiger partial charge is 0.378 e. The van der Waals surface area contributed by atoms with Crippen LogP contribution in [0.3, 0.4) is 0 Å². The number of hydrogen-bond acceptors (Lipinski definition) is 4. The number of anilines is 1. The van der Waals surface area contributed by atoms with E-state index in [1.807, 2.05) is 38.3 Å². The average molecular weight is 235 g/mol. The van der Waals surface area contributed by atoms with Crippen molar-refractivity contribution in [3.05, 3.63) is 23.8 Å². The van der Waals surface area contributed by atoms with E-state index in [4.69, 9.17) is 11.0 Å². The van der Waals surface area contributed by atoms with Gasteiger partial charge in [-0.25, -0.2) is 0 Å². The maximum Gasteiger partial charge on any atom is 0.102 e. The SMILES string of the molecule is CSc1cccc(NC(C)(C)CN)c1C#N. The molecule has 0 saturated heterocycles. The third-order valence-corrected chi connectivity index (χ3v) is 3.12. The van der Waals surface area contributed by atoms with Crippen LogP contribution < -0.4 is 11.1 Å². The lowest BCUT2D eigenvalue weighted by molar-refractivity contribution is 0.580. The summed E-state index contributed by atoms with van der Waals surface area (Å²) in [7, 11) is 0. The summed E-state index contributed by atoms with van der Waals surface area (Å²) in [6.07, 6.45) is 1.97. The van der Waals surface area contributed by atoms with Crippen molar-refractivity contribution < 1.29 is 0 Å². The fourth-order valence-corrected chi connectivity index (χ4v) is 1.91. The highest BCUT2D eigenvalue weighted by Gasteiger charge is 2.17. The molecule has 0 saturated carbocycles. The van der Waals surface area contributed by atoms with Crippen LogP contribution >= 0.6 is 11.8 Å². The van der Waals surface area contributed by atoms with Gasteiger partial charge in [-0.2, -0.15) is 5.26 Å². The minimum atomic E-state index is -0.206. The second-order valence-corrected chi connectivity index (χ2v) is 5.06. The third-order valence-electron chi connectivity index (χ3n) is 2.34. The fraction of sp³-hybridized carbons (Fsp3) is 0.417. The molecule has 0 aliphatic heterocycles. The first-order valence-electron chi connectivity index (χ1n) is 5.09. The molecule has 86 valence electrons. The van der Waals surface area contributed by atoms with Crippen molar-refractivity contribution in [2.75, 3.05) is 18.1 Å². The summed E-state index contributed by atoms with van der Waals surface area (Å²) in [5.74, 6) is 0. The molecule has 16 heavy (non-hydrogen) atoms. The van der Waals surface area contributed by atoms with Crippen molar-refractivity contribution in [2.24, 2.45) is 5.73 Å². The molecule has 0 amide bonds. The Bertz CT molecular complexity index is 407. The Balaban J connectivity index is 3.10. The molecule has 1 aromatic carbocycles. The first kappa shape index (κ1) is 12.9. The van der Waals surface area contributed by atoms with Gasteiger partial charge >= 0.3 is 0 Å². The Morgan fingerprint density at radius 2 is 2.19 bits per heavy atom. The lowest BCUT2D eigenvalue weighted by atomic mass is 10.0. The van der Waals surface area contributed by atoms with Crippen LogP contribution in [0.4, 0.5) is 5.69 Å². The number of nitrogens with one attached hydrogen (secondary N) is 1. The van der Waals surface area contributed by atoms with Crippen LogP contribution in [0.1, 0.15) is 19.4 Å². The molecule has 0 aliphatic rings. The molecule has 0 heterocycles. The van der Waals surface area contributed by atoms with Gasteiger partial charge in [-0.1, -0.05) is 6.07 Å². The Morgan fingerprint density at radius 1 is 1.50 bits per heavy atom. The van der Waals surface area contributed by atoms with Gasteiger partial charge < -0.3 is 11.1 Å². The standard InChI is InChI=1S/C12H17N3S/c1-12(2,8-14)15-10-5-4-6-11(16-3)9(10)7-13/h4-6,15H,8,14H2,1-3H3. The van der Waals surface area contributed by atoms with E-state index in [1.165, 1.54) is 0 Å². The van der Waals surface area contributed by atoms with Crippen LogP contribution in [0.2, 0.25) is 0 Å². The summed E-state index contributed by atoms with van der Waals surface area (Å²) in [5, 5.41) is 12.5. The highest BCUT2D eigenvalue weighted by molar-refractivity contribution is 7.98. The van der Waals surface area contributed by atoms with E-state index < -0.39 is 0 Å². The summed E-state index contributed by atoms with van der Waals surface area (Å²) < 4.78 is 0. The molecule has 0 aliphatic carbocycles. The number of benzene rings is 1. The number of nitriles is 1. The van der Waals surface area contributed by atoms with Crippen LogP contribution in [0.25, 0.3) is 0 Å². The molecule has 1 rings (SSSR count). The van der Waals surface area contributed by atoms with Crippen LogP contribution in [0.15, 0.2) is 23.1 Å². The maximum absolute atomic E-state index is 9.17. The van der Waals surface area contributed by atoms with Crippen LogP contribution in [-0.2, 0) is 0 Å². The first-order chi connectivity index (χ1) is 7.54. The van der Waals surface area contributed by atoms with Gasteiger partial charge in [0.1, 0.15) is 6.07 Å². The number of rotatable bonds is 4. The molecule has 0 radical (unpaired) electrons. The minimum Gasteiger partial charge on any atom is -0.378 e. The zero-order valence-electron chi connectivity index (χ0n) is 9.87. The van der Waals surface area contributed by atoms with Crippen molar-refractivity contribution >= 4 is 17.4 Å². The van der Waals surface area contributed by atoms with Gasteiger partial charge in [-0.3, -0.25) is 0 Å². The molecule has 3 nitrogen and oxygen atoms in total. The molecular weight excluding hydrogens is 218 g/mol. The smallest absolute Gasteiger partial charge is 0.102 e. The topological polar surface area (TPSA) is 61.8 Å². The summed E-state index contributed by atoms with van der Waals surface area (Å²) in [6, 6.07) is 8.04. The zero-order valence-corrected chi connectivity index (χ0v) is 10.7. The molecule has 1 aromatic rings. The molecule has 0 bridgehead atoms. The van der Waals surface area contributed by atoms with Gasteiger partial charge in [-0.05, 0) is 32.2 Å². The van der Waals surface area contributed by atoms with Crippen LogP contribution in [0, 0.1) is 11.3 Å². The third kappa shape index (κ3) is 2.91. The van der Waals surface area contributed by atoms with Crippen molar-refractivity contribution in [3.63, 3.8) is 0 Å². The van der Waals surface area contributed by atoms with Crippen molar-refractivity contribution in [1.29, 1.82) is 5.26 Å². The number of nitrogens with two attached hydrogens (primary N) is 1.